The van der Waals surface area contributed by atoms with E-state index in [1.165, 1.54) is 6.07 Å². The Hall–Kier alpha value is -3.29. The minimum atomic E-state index is -0.551. The molecular weight excluding hydrogens is 521 g/mol. The van der Waals surface area contributed by atoms with Crippen LogP contribution in [0.4, 0.5) is 26.2 Å². The molecule has 0 bridgehead atoms. The number of ether oxygens (including phenoxy) is 2. The lowest BCUT2D eigenvalue weighted by Crippen LogP contribution is -2.49. The van der Waals surface area contributed by atoms with Crippen LogP contribution in [-0.4, -0.2) is 56.5 Å². The van der Waals surface area contributed by atoms with Gasteiger partial charge in [0, 0.05) is 37.9 Å². The van der Waals surface area contributed by atoms with Crippen molar-refractivity contribution in [2.75, 3.05) is 47.5 Å². The SMILES string of the molecule is CCOC(=O)C[C@@H]1CC2(CCN(c3ccc4c(c3)N3CCC[C@H]3CN4C(=O)OC(C)(C)C)CC2)c2cc(F)ccc21. The highest BCUT2D eigenvalue weighted by molar-refractivity contribution is 5.95. The van der Waals surface area contributed by atoms with E-state index < -0.39 is 5.60 Å². The summed E-state index contributed by atoms with van der Waals surface area (Å²) in [4.78, 5) is 32.2. The Morgan fingerprint density at radius 1 is 1.05 bits per heavy atom. The van der Waals surface area contributed by atoms with Crippen molar-refractivity contribution in [3.63, 3.8) is 0 Å². The highest BCUT2D eigenvalue weighted by Gasteiger charge is 2.46. The monoisotopic (exact) mass is 563 g/mol. The average molecular weight is 564 g/mol. The van der Waals surface area contributed by atoms with Gasteiger partial charge in [0.25, 0.3) is 0 Å². The second-order valence-corrected chi connectivity index (χ2v) is 13.2. The molecule has 2 atom stereocenters. The first-order valence-electron chi connectivity index (χ1n) is 15.2. The van der Waals surface area contributed by atoms with Crippen molar-refractivity contribution in [3.05, 3.63) is 53.3 Å². The Morgan fingerprint density at radius 2 is 1.83 bits per heavy atom. The predicted octanol–water partition coefficient (Wildman–Crippen LogP) is 6.53. The van der Waals surface area contributed by atoms with E-state index in [9.17, 15) is 14.0 Å². The van der Waals surface area contributed by atoms with Crippen LogP contribution in [-0.2, 0) is 19.7 Å². The van der Waals surface area contributed by atoms with E-state index >= 15 is 0 Å². The lowest BCUT2D eigenvalue weighted by atomic mass is 9.73. The van der Waals surface area contributed by atoms with E-state index in [1.54, 1.807) is 6.07 Å². The average Bonchev–Trinajstić information content (AvgIpc) is 3.51. The molecule has 7 nitrogen and oxygen atoms in total. The molecule has 1 aliphatic carbocycles. The Balaban J connectivity index is 1.23. The maximum absolute atomic E-state index is 14.5. The number of benzene rings is 2. The third kappa shape index (κ3) is 5.26. The molecule has 2 saturated heterocycles. The number of nitrogens with zero attached hydrogens (tertiary/aromatic N) is 3. The topological polar surface area (TPSA) is 62.3 Å². The van der Waals surface area contributed by atoms with Gasteiger partial charge in [-0.05, 0) is 113 Å². The lowest BCUT2D eigenvalue weighted by Gasteiger charge is -2.43. The molecule has 41 heavy (non-hydrogen) atoms. The number of anilines is 3. The van der Waals surface area contributed by atoms with Crippen molar-refractivity contribution in [2.45, 2.75) is 89.2 Å². The van der Waals surface area contributed by atoms with Gasteiger partial charge in [-0.15, -0.1) is 0 Å². The Bertz CT molecular complexity index is 1330. The van der Waals surface area contributed by atoms with Gasteiger partial charge in [-0.2, -0.15) is 0 Å². The summed E-state index contributed by atoms with van der Waals surface area (Å²) < 4.78 is 25.5. The highest BCUT2D eigenvalue weighted by atomic mass is 19.1. The van der Waals surface area contributed by atoms with Crippen molar-refractivity contribution in [1.29, 1.82) is 0 Å². The molecule has 2 aromatic rings. The fourth-order valence-corrected chi connectivity index (χ4v) is 7.61. The van der Waals surface area contributed by atoms with Gasteiger partial charge in [-0.3, -0.25) is 9.69 Å². The Labute approximate surface area is 242 Å². The molecule has 3 aliphatic heterocycles. The van der Waals surface area contributed by atoms with Crippen molar-refractivity contribution >= 4 is 29.1 Å². The number of hydrogen-bond acceptors (Lipinski definition) is 6. The minimum absolute atomic E-state index is 0.0610. The van der Waals surface area contributed by atoms with Crippen LogP contribution in [0.25, 0.3) is 0 Å². The number of hydrogen-bond donors (Lipinski definition) is 0. The number of halogens is 1. The predicted molar refractivity (Wildman–Crippen MR) is 159 cm³/mol. The summed E-state index contributed by atoms with van der Waals surface area (Å²) in [6.07, 6.45) is 4.88. The largest absolute Gasteiger partial charge is 0.466 e. The van der Waals surface area contributed by atoms with E-state index in [4.69, 9.17) is 9.47 Å². The zero-order valence-corrected chi connectivity index (χ0v) is 24.7. The van der Waals surface area contributed by atoms with Gasteiger partial charge in [0.15, 0.2) is 0 Å². The minimum Gasteiger partial charge on any atom is -0.466 e. The summed E-state index contributed by atoms with van der Waals surface area (Å²) >= 11 is 0. The number of carbonyl (C=O) groups is 2. The second-order valence-electron chi connectivity index (χ2n) is 13.2. The lowest BCUT2D eigenvalue weighted by molar-refractivity contribution is -0.143. The molecule has 1 spiro atoms. The van der Waals surface area contributed by atoms with Crippen LogP contribution in [0.2, 0.25) is 0 Å². The fraction of sp³-hybridized carbons (Fsp3) is 0.576. The van der Waals surface area contributed by atoms with Crippen LogP contribution < -0.4 is 14.7 Å². The van der Waals surface area contributed by atoms with Gasteiger partial charge in [-0.1, -0.05) is 6.07 Å². The van der Waals surface area contributed by atoms with Crippen molar-refractivity contribution in [3.8, 4) is 0 Å². The van der Waals surface area contributed by atoms with Crippen molar-refractivity contribution < 1.29 is 23.5 Å². The third-order valence-electron chi connectivity index (χ3n) is 9.41. The third-order valence-corrected chi connectivity index (χ3v) is 9.41. The molecule has 0 N–H and O–H groups in total. The van der Waals surface area contributed by atoms with E-state index in [0.29, 0.717) is 25.6 Å². The Morgan fingerprint density at radius 3 is 2.56 bits per heavy atom. The molecule has 220 valence electrons. The smallest absolute Gasteiger partial charge is 0.414 e. The normalized spacial score (nSPS) is 22.8. The zero-order chi connectivity index (χ0) is 28.9. The van der Waals surface area contributed by atoms with Gasteiger partial charge < -0.3 is 19.3 Å². The van der Waals surface area contributed by atoms with E-state index in [0.717, 1.165) is 79.9 Å². The molecule has 2 fully saturated rings. The summed E-state index contributed by atoms with van der Waals surface area (Å²) in [5.41, 5.74) is 4.66. The molecule has 0 saturated carbocycles. The van der Waals surface area contributed by atoms with Crippen LogP contribution in [0.5, 0.6) is 0 Å². The number of esters is 1. The summed E-state index contributed by atoms with van der Waals surface area (Å²) in [6, 6.07) is 11.8. The van der Waals surface area contributed by atoms with E-state index in [-0.39, 0.29) is 29.2 Å². The molecule has 4 aliphatic rings. The number of rotatable bonds is 4. The zero-order valence-electron chi connectivity index (χ0n) is 24.7. The molecule has 8 heteroatoms. The summed E-state index contributed by atoms with van der Waals surface area (Å²) in [7, 11) is 0. The maximum atomic E-state index is 14.5. The maximum Gasteiger partial charge on any atom is 0.414 e. The summed E-state index contributed by atoms with van der Waals surface area (Å²) in [5, 5.41) is 0. The van der Waals surface area contributed by atoms with Crippen LogP contribution in [0.3, 0.4) is 0 Å². The summed E-state index contributed by atoms with van der Waals surface area (Å²) in [6.45, 7) is 11.2. The molecule has 0 aromatic heterocycles. The van der Waals surface area contributed by atoms with Crippen LogP contribution >= 0.6 is 0 Å². The number of carbonyl (C=O) groups excluding carboxylic acids is 2. The first kappa shape index (κ1) is 27.9. The molecule has 1 amide bonds. The van der Waals surface area contributed by atoms with Gasteiger partial charge in [0.1, 0.15) is 11.4 Å². The number of piperidine rings is 1. The molecular formula is C33H42FN3O4. The number of amides is 1. The fourth-order valence-electron chi connectivity index (χ4n) is 7.61. The summed E-state index contributed by atoms with van der Waals surface area (Å²) in [5.74, 6) is -0.338. The molecule has 0 unspecified atom stereocenters. The van der Waals surface area contributed by atoms with Gasteiger partial charge in [-0.25, -0.2) is 9.18 Å². The molecule has 6 rings (SSSR count). The van der Waals surface area contributed by atoms with E-state index in [1.807, 2.05) is 38.7 Å². The van der Waals surface area contributed by atoms with Gasteiger partial charge in [0.2, 0.25) is 0 Å². The van der Waals surface area contributed by atoms with Crippen LogP contribution in [0.15, 0.2) is 36.4 Å². The second kappa shape index (κ2) is 10.5. The first-order chi connectivity index (χ1) is 19.6. The van der Waals surface area contributed by atoms with Crippen molar-refractivity contribution in [2.24, 2.45) is 0 Å². The van der Waals surface area contributed by atoms with E-state index in [2.05, 4.69) is 28.0 Å². The number of fused-ring (bicyclic) bond motifs is 5. The van der Waals surface area contributed by atoms with Gasteiger partial charge in [0.05, 0.1) is 24.4 Å². The molecule has 3 heterocycles. The van der Waals surface area contributed by atoms with Crippen LogP contribution in [0.1, 0.15) is 83.3 Å². The molecule has 0 radical (unpaired) electrons. The quantitative estimate of drug-likeness (QED) is 0.395. The standard InChI is InChI=1S/C33H42FN3O4/c1-5-40-30(38)17-22-20-33(27-18-23(34)8-10-26(22)27)12-15-35(16-13-33)24-9-11-28-29(19-24)36-14-6-7-25(36)21-37(28)31(39)41-32(2,3)4/h8-11,18-19,22,25H,5-7,12-17,20-21H2,1-4H3/t22-,25+/m1/s1. The Kier molecular flexibility index (Phi) is 7.15. The highest BCUT2D eigenvalue weighted by Crippen LogP contribution is 2.53. The molecule has 2 aromatic carbocycles. The van der Waals surface area contributed by atoms with Crippen molar-refractivity contribution in [1.82, 2.24) is 0 Å². The first-order valence-corrected chi connectivity index (χ1v) is 15.2. The van der Waals surface area contributed by atoms with Gasteiger partial charge >= 0.3 is 12.1 Å². The van der Waals surface area contributed by atoms with Crippen LogP contribution in [0, 0.1) is 5.82 Å².